The maximum Gasteiger partial charge on any atom is 0.168 e. The Bertz CT molecular complexity index is 1150. The fourth-order valence-electron chi connectivity index (χ4n) is 6.48. The molecule has 0 unspecified atom stereocenters. The lowest BCUT2D eigenvalue weighted by Crippen LogP contribution is -2.49. The number of aryl methyl sites for hydroxylation is 1. The van der Waals surface area contributed by atoms with E-state index in [0.717, 1.165) is 56.7 Å². The highest BCUT2D eigenvalue weighted by Gasteiger charge is 2.53. The van der Waals surface area contributed by atoms with Crippen LogP contribution >= 0.6 is 0 Å². The molecule has 1 aromatic carbocycles. The maximum absolute atomic E-state index is 6.18. The topological polar surface area (TPSA) is 44.2 Å². The summed E-state index contributed by atoms with van der Waals surface area (Å²) in [6.07, 6.45) is 15.7. The summed E-state index contributed by atoms with van der Waals surface area (Å²) in [4.78, 5) is 9.68. The third-order valence-corrected chi connectivity index (χ3v) is 8.12. The van der Waals surface area contributed by atoms with Crippen molar-refractivity contribution in [1.29, 1.82) is 0 Å². The number of aromatic nitrogens is 2. The molecule has 174 valence electrons. The van der Waals surface area contributed by atoms with E-state index >= 15 is 0 Å². The third kappa shape index (κ3) is 4.10. The van der Waals surface area contributed by atoms with Crippen molar-refractivity contribution in [3.8, 4) is 0 Å². The van der Waals surface area contributed by atoms with Crippen LogP contribution in [0.1, 0.15) is 60.2 Å². The Morgan fingerprint density at radius 2 is 1.79 bits per heavy atom. The minimum absolute atomic E-state index is 0.0232. The van der Waals surface area contributed by atoms with Gasteiger partial charge in [-0.2, -0.15) is 0 Å². The Kier molecular flexibility index (Phi) is 5.80. The van der Waals surface area contributed by atoms with Crippen LogP contribution in [0.25, 0.3) is 12.2 Å². The Balaban J connectivity index is 1.38. The van der Waals surface area contributed by atoms with E-state index in [1.165, 1.54) is 29.5 Å². The van der Waals surface area contributed by atoms with Crippen LogP contribution in [0.3, 0.4) is 0 Å². The molecule has 3 aliphatic rings. The van der Waals surface area contributed by atoms with Gasteiger partial charge in [0.1, 0.15) is 0 Å². The summed E-state index contributed by atoms with van der Waals surface area (Å²) in [5, 5.41) is 0. The lowest BCUT2D eigenvalue weighted by molar-refractivity contribution is -0.199. The average Bonchev–Trinajstić information content (AvgIpc) is 3.28. The van der Waals surface area contributed by atoms with Crippen LogP contribution in [0.5, 0.6) is 0 Å². The van der Waals surface area contributed by atoms with Gasteiger partial charge in [-0.15, -0.1) is 0 Å². The second kappa shape index (κ2) is 9.09. The van der Waals surface area contributed by atoms with Crippen LogP contribution in [-0.4, -0.2) is 29.0 Å². The summed E-state index contributed by atoms with van der Waals surface area (Å²) >= 11 is 0. The molecule has 1 spiro atoms. The van der Waals surface area contributed by atoms with Crippen LogP contribution < -0.4 is 0 Å². The molecule has 0 bridgehead atoms. The Morgan fingerprint density at radius 3 is 2.62 bits per heavy atom. The molecule has 0 radical (unpaired) electrons. The molecular weight excluding hydrogens is 420 g/mol. The van der Waals surface area contributed by atoms with Gasteiger partial charge in [-0.05, 0) is 79.0 Å². The van der Waals surface area contributed by atoms with E-state index in [2.05, 4.69) is 60.8 Å². The van der Waals surface area contributed by atoms with E-state index in [1.54, 1.807) is 0 Å². The van der Waals surface area contributed by atoms with Gasteiger partial charge in [-0.25, -0.2) is 0 Å². The molecule has 3 aromatic rings. The first-order valence-corrected chi connectivity index (χ1v) is 12.7. The minimum Gasteiger partial charge on any atom is -0.348 e. The van der Waals surface area contributed by atoms with Gasteiger partial charge in [0, 0.05) is 36.3 Å². The van der Waals surface area contributed by atoms with Gasteiger partial charge in [-0.3, -0.25) is 9.97 Å². The third-order valence-electron chi connectivity index (χ3n) is 8.12. The number of ether oxygens (including phenoxy) is 2. The summed E-state index contributed by atoms with van der Waals surface area (Å²) in [6.45, 7) is 1.43. The lowest BCUT2D eigenvalue weighted by Gasteiger charge is -2.49. The van der Waals surface area contributed by atoms with Crippen molar-refractivity contribution >= 4 is 12.2 Å². The summed E-state index contributed by atoms with van der Waals surface area (Å²) in [6, 6.07) is 19.0. The molecule has 1 saturated carbocycles. The van der Waals surface area contributed by atoms with Gasteiger partial charge in [-0.1, -0.05) is 42.5 Å². The van der Waals surface area contributed by atoms with Crippen molar-refractivity contribution in [2.24, 2.45) is 5.92 Å². The van der Waals surface area contributed by atoms with Gasteiger partial charge in [0.05, 0.1) is 18.9 Å². The number of nitrogens with zero attached hydrogens (tertiary/aromatic N) is 2. The summed E-state index contributed by atoms with van der Waals surface area (Å²) in [5.41, 5.74) is 6.28. The minimum atomic E-state index is -0.380. The van der Waals surface area contributed by atoms with Gasteiger partial charge >= 0.3 is 0 Å². The largest absolute Gasteiger partial charge is 0.348 e. The fraction of sp³-hybridized carbons (Fsp3) is 0.400. The predicted molar refractivity (Wildman–Crippen MR) is 134 cm³/mol. The van der Waals surface area contributed by atoms with Gasteiger partial charge in [0.2, 0.25) is 0 Å². The van der Waals surface area contributed by atoms with Crippen molar-refractivity contribution in [1.82, 2.24) is 9.97 Å². The number of fused-ring (bicyclic) bond motifs is 3. The van der Waals surface area contributed by atoms with E-state index in [4.69, 9.17) is 19.4 Å². The summed E-state index contributed by atoms with van der Waals surface area (Å²) < 4.78 is 12.4. The molecule has 4 heteroatoms. The first-order chi connectivity index (χ1) is 16.7. The van der Waals surface area contributed by atoms with Gasteiger partial charge in [0.15, 0.2) is 5.79 Å². The second-order valence-electron chi connectivity index (χ2n) is 10.1. The van der Waals surface area contributed by atoms with Crippen molar-refractivity contribution in [3.05, 3.63) is 95.1 Å². The molecular formula is C30H32N2O2. The van der Waals surface area contributed by atoms with Crippen LogP contribution in [-0.2, 0) is 27.7 Å². The van der Waals surface area contributed by atoms with Crippen LogP contribution in [0.15, 0.2) is 67.0 Å². The van der Waals surface area contributed by atoms with E-state index in [-0.39, 0.29) is 11.2 Å². The SMILES string of the molecule is C(=C\c1cc2c(cn1)[C@]1(Cc3ccccn3)CCC3(C[C@H]1CCC2)OCCO3)/c1ccccc1. The number of rotatable bonds is 4. The summed E-state index contributed by atoms with van der Waals surface area (Å²) in [7, 11) is 0. The molecule has 1 aliphatic heterocycles. The lowest BCUT2D eigenvalue weighted by atomic mass is 9.58. The van der Waals surface area contributed by atoms with Crippen molar-refractivity contribution in [2.75, 3.05) is 13.2 Å². The highest BCUT2D eigenvalue weighted by Crippen LogP contribution is 2.55. The first kappa shape index (κ1) is 21.7. The van der Waals surface area contributed by atoms with Crippen molar-refractivity contribution in [2.45, 2.75) is 56.1 Å². The number of hydrogen-bond acceptors (Lipinski definition) is 4. The zero-order chi connectivity index (χ0) is 22.8. The number of pyridine rings is 2. The highest BCUT2D eigenvalue weighted by atomic mass is 16.7. The molecule has 0 amide bonds. The Hall–Kier alpha value is -2.82. The van der Waals surface area contributed by atoms with E-state index in [9.17, 15) is 0 Å². The monoisotopic (exact) mass is 452 g/mol. The molecule has 2 atom stereocenters. The van der Waals surface area contributed by atoms with Crippen molar-refractivity contribution < 1.29 is 9.47 Å². The Labute approximate surface area is 202 Å². The quantitative estimate of drug-likeness (QED) is 0.486. The fourth-order valence-corrected chi connectivity index (χ4v) is 6.48. The second-order valence-corrected chi connectivity index (χ2v) is 10.1. The molecule has 1 saturated heterocycles. The molecule has 2 aromatic heterocycles. The smallest absolute Gasteiger partial charge is 0.168 e. The van der Waals surface area contributed by atoms with E-state index in [1.807, 2.05) is 18.3 Å². The zero-order valence-electron chi connectivity index (χ0n) is 19.7. The molecule has 0 N–H and O–H groups in total. The molecule has 34 heavy (non-hydrogen) atoms. The molecule has 3 heterocycles. The first-order valence-electron chi connectivity index (χ1n) is 12.7. The average molecular weight is 453 g/mol. The van der Waals surface area contributed by atoms with Crippen LogP contribution in [0.2, 0.25) is 0 Å². The zero-order valence-corrected chi connectivity index (χ0v) is 19.7. The number of hydrogen-bond donors (Lipinski definition) is 0. The Morgan fingerprint density at radius 1 is 0.941 bits per heavy atom. The van der Waals surface area contributed by atoms with E-state index in [0.29, 0.717) is 5.92 Å². The normalized spacial score (nSPS) is 25.7. The van der Waals surface area contributed by atoms with E-state index < -0.39 is 0 Å². The standard InChI is InChI=1S/C30H32N2O2/c1-2-7-23(8-3-1)12-13-26-19-24-9-6-10-25-20-30(33-17-18-34-30)15-14-29(25,28(24)22-32-26)21-27-11-4-5-16-31-27/h1-5,7-8,11-13,16,19,22,25H,6,9-10,14-15,17-18,20-21H2/b13-12+/t25-,29+/m1/s1. The van der Waals surface area contributed by atoms with Gasteiger partial charge in [0.25, 0.3) is 0 Å². The molecule has 2 aliphatic carbocycles. The molecule has 2 fully saturated rings. The van der Waals surface area contributed by atoms with Crippen LogP contribution in [0.4, 0.5) is 0 Å². The highest BCUT2D eigenvalue weighted by molar-refractivity contribution is 5.68. The molecule has 4 nitrogen and oxygen atoms in total. The summed E-state index contributed by atoms with van der Waals surface area (Å²) in [5.74, 6) is 0.115. The van der Waals surface area contributed by atoms with Crippen LogP contribution in [0, 0.1) is 5.92 Å². The predicted octanol–water partition coefficient (Wildman–Crippen LogP) is 6.01. The van der Waals surface area contributed by atoms with Gasteiger partial charge < -0.3 is 9.47 Å². The van der Waals surface area contributed by atoms with Crippen molar-refractivity contribution in [3.63, 3.8) is 0 Å². The number of benzene rings is 1. The molecule has 6 rings (SSSR count). The maximum atomic E-state index is 6.18.